The fourth-order valence-corrected chi connectivity index (χ4v) is 2.48. The molecule has 0 aromatic carbocycles. The summed E-state index contributed by atoms with van der Waals surface area (Å²) in [5.74, 6) is 0. The highest BCUT2D eigenvalue weighted by Crippen LogP contribution is 2.15. The first-order chi connectivity index (χ1) is 6.34. The molecule has 2 rings (SSSR count). The lowest BCUT2D eigenvalue weighted by molar-refractivity contribution is 0.207. The molecule has 0 saturated carbocycles. The summed E-state index contributed by atoms with van der Waals surface area (Å²) in [6.07, 6.45) is 2.32. The maximum absolute atomic E-state index is 5.85. The molecule has 2 nitrogen and oxygen atoms in total. The van der Waals surface area contributed by atoms with Crippen molar-refractivity contribution >= 4 is 11.3 Å². The molecule has 72 valence electrons. The third-order valence-corrected chi connectivity index (χ3v) is 3.45. The van der Waals surface area contributed by atoms with Crippen LogP contribution in [0.15, 0.2) is 17.5 Å². The normalized spacial score (nSPS) is 20.7. The molecular formula is C10H16N2S. The van der Waals surface area contributed by atoms with Gasteiger partial charge in [-0.25, -0.2) is 0 Å². The number of hydrogen-bond donors (Lipinski definition) is 1. The van der Waals surface area contributed by atoms with Gasteiger partial charge in [0, 0.05) is 17.5 Å². The van der Waals surface area contributed by atoms with Gasteiger partial charge in [-0.3, -0.25) is 4.90 Å². The predicted molar refractivity (Wildman–Crippen MR) is 56.8 cm³/mol. The lowest BCUT2D eigenvalue weighted by Gasteiger charge is -2.29. The van der Waals surface area contributed by atoms with E-state index < -0.39 is 0 Å². The second-order valence-electron chi connectivity index (χ2n) is 3.69. The summed E-state index contributed by atoms with van der Waals surface area (Å²) >= 11 is 1.84. The number of piperidine rings is 1. The molecule has 0 amide bonds. The van der Waals surface area contributed by atoms with Gasteiger partial charge in [0.25, 0.3) is 0 Å². The first kappa shape index (κ1) is 9.19. The molecule has 1 fully saturated rings. The fraction of sp³-hybridized carbons (Fsp3) is 0.600. The lowest BCUT2D eigenvalue weighted by atomic mass is 10.1. The van der Waals surface area contributed by atoms with Crippen molar-refractivity contribution < 1.29 is 0 Å². The summed E-state index contributed by atoms with van der Waals surface area (Å²) in [7, 11) is 0. The Balaban J connectivity index is 1.83. The Morgan fingerprint density at radius 2 is 2.23 bits per heavy atom. The van der Waals surface area contributed by atoms with Gasteiger partial charge in [-0.1, -0.05) is 6.07 Å². The highest BCUT2D eigenvalue weighted by molar-refractivity contribution is 7.09. The van der Waals surface area contributed by atoms with Crippen molar-refractivity contribution in [1.82, 2.24) is 4.90 Å². The van der Waals surface area contributed by atoms with E-state index in [2.05, 4.69) is 22.4 Å². The first-order valence-electron chi connectivity index (χ1n) is 4.85. The van der Waals surface area contributed by atoms with E-state index >= 15 is 0 Å². The second kappa shape index (κ2) is 4.22. The molecule has 13 heavy (non-hydrogen) atoms. The Bertz CT molecular complexity index is 237. The van der Waals surface area contributed by atoms with Crippen LogP contribution in [-0.4, -0.2) is 24.0 Å². The van der Waals surface area contributed by atoms with Crippen molar-refractivity contribution in [2.75, 3.05) is 13.1 Å². The summed E-state index contributed by atoms with van der Waals surface area (Å²) in [4.78, 5) is 3.96. The van der Waals surface area contributed by atoms with E-state index in [1.807, 2.05) is 11.3 Å². The van der Waals surface area contributed by atoms with Gasteiger partial charge in [-0.05, 0) is 37.4 Å². The van der Waals surface area contributed by atoms with Crippen LogP contribution >= 0.6 is 11.3 Å². The molecule has 0 unspecified atom stereocenters. The Hall–Kier alpha value is -0.380. The van der Waals surface area contributed by atoms with Crippen LogP contribution in [0.5, 0.6) is 0 Å². The highest BCUT2D eigenvalue weighted by atomic mass is 32.1. The number of likely N-dealkylation sites (tertiary alicyclic amines) is 1. The number of rotatable bonds is 2. The van der Waals surface area contributed by atoms with E-state index in [0.717, 1.165) is 19.4 Å². The molecule has 1 aromatic rings. The van der Waals surface area contributed by atoms with Crippen molar-refractivity contribution in [2.45, 2.75) is 25.4 Å². The van der Waals surface area contributed by atoms with Crippen molar-refractivity contribution in [3.8, 4) is 0 Å². The van der Waals surface area contributed by atoms with Crippen LogP contribution in [0.25, 0.3) is 0 Å². The smallest absolute Gasteiger partial charge is 0.0327 e. The minimum absolute atomic E-state index is 0.444. The third kappa shape index (κ3) is 2.53. The van der Waals surface area contributed by atoms with Crippen LogP contribution in [0.4, 0.5) is 0 Å². The number of hydrogen-bond acceptors (Lipinski definition) is 3. The number of thiophene rings is 1. The molecule has 2 N–H and O–H groups in total. The molecule has 1 aliphatic rings. The molecule has 0 bridgehead atoms. The molecule has 1 aromatic heterocycles. The summed E-state index contributed by atoms with van der Waals surface area (Å²) in [6, 6.07) is 4.77. The molecule has 0 atom stereocenters. The third-order valence-electron chi connectivity index (χ3n) is 2.59. The van der Waals surface area contributed by atoms with Crippen molar-refractivity contribution in [3.05, 3.63) is 22.4 Å². The van der Waals surface area contributed by atoms with Crippen LogP contribution in [0.2, 0.25) is 0 Å². The standard InChI is InChI=1S/C10H16N2S/c11-9-3-5-12(6-4-9)8-10-2-1-7-13-10/h1-2,7,9H,3-6,8,11H2. The Morgan fingerprint density at radius 3 is 2.85 bits per heavy atom. The Labute approximate surface area is 83.4 Å². The van der Waals surface area contributed by atoms with Gasteiger partial charge in [0.05, 0.1) is 0 Å². The average Bonchev–Trinajstić information content (AvgIpc) is 2.62. The van der Waals surface area contributed by atoms with E-state index in [1.54, 1.807) is 0 Å². The topological polar surface area (TPSA) is 29.3 Å². The van der Waals surface area contributed by atoms with Crippen molar-refractivity contribution in [3.63, 3.8) is 0 Å². The molecular weight excluding hydrogens is 180 g/mol. The van der Waals surface area contributed by atoms with Crippen LogP contribution in [0.1, 0.15) is 17.7 Å². The minimum atomic E-state index is 0.444. The molecule has 3 heteroatoms. The van der Waals surface area contributed by atoms with Gasteiger partial charge in [0.1, 0.15) is 0 Å². The second-order valence-corrected chi connectivity index (χ2v) is 4.73. The quantitative estimate of drug-likeness (QED) is 0.779. The van der Waals surface area contributed by atoms with Gasteiger partial charge in [0.15, 0.2) is 0 Å². The zero-order valence-corrected chi connectivity index (χ0v) is 8.59. The largest absolute Gasteiger partial charge is 0.328 e. The van der Waals surface area contributed by atoms with Gasteiger partial charge in [-0.2, -0.15) is 0 Å². The summed E-state index contributed by atoms with van der Waals surface area (Å²) in [5.41, 5.74) is 5.85. The molecule has 0 radical (unpaired) electrons. The molecule has 0 aliphatic carbocycles. The zero-order chi connectivity index (χ0) is 9.10. The Kier molecular flexibility index (Phi) is 2.98. The van der Waals surface area contributed by atoms with Gasteiger partial charge >= 0.3 is 0 Å². The summed E-state index contributed by atoms with van der Waals surface area (Å²) in [6.45, 7) is 3.45. The summed E-state index contributed by atoms with van der Waals surface area (Å²) < 4.78 is 0. The summed E-state index contributed by atoms with van der Waals surface area (Å²) in [5, 5.41) is 2.14. The molecule has 2 heterocycles. The van der Waals surface area contributed by atoms with E-state index in [1.165, 1.54) is 18.0 Å². The highest BCUT2D eigenvalue weighted by Gasteiger charge is 2.15. The van der Waals surface area contributed by atoms with Crippen LogP contribution < -0.4 is 5.73 Å². The van der Waals surface area contributed by atoms with E-state index in [0.29, 0.717) is 6.04 Å². The van der Waals surface area contributed by atoms with Gasteiger partial charge < -0.3 is 5.73 Å². The lowest BCUT2D eigenvalue weighted by Crippen LogP contribution is -2.39. The molecule has 0 spiro atoms. The SMILES string of the molecule is NC1CCN(Cc2cccs2)CC1. The van der Waals surface area contributed by atoms with E-state index in [9.17, 15) is 0 Å². The maximum Gasteiger partial charge on any atom is 0.0327 e. The van der Waals surface area contributed by atoms with Crippen molar-refractivity contribution in [1.29, 1.82) is 0 Å². The van der Waals surface area contributed by atoms with Crippen LogP contribution in [-0.2, 0) is 6.54 Å². The van der Waals surface area contributed by atoms with Crippen LogP contribution in [0.3, 0.4) is 0 Å². The average molecular weight is 196 g/mol. The minimum Gasteiger partial charge on any atom is -0.328 e. The first-order valence-corrected chi connectivity index (χ1v) is 5.73. The Morgan fingerprint density at radius 1 is 1.46 bits per heavy atom. The zero-order valence-electron chi connectivity index (χ0n) is 7.78. The fourth-order valence-electron chi connectivity index (χ4n) is 1.73. The maximum atomic E-state index is 5.85. The van der Waals surface area contributed by atoms with Gasteiger partial charge in [0.2, 0.25) is 0 Å². The van der Waals surface area contributed by atoms with Crippen molar-refractivity contribution in [2.24, 2.45) is 5.73 Å². The number of nitrogens with two attached hydrogens (primary N) is 1. The predicted octanol–water partition coefficient (Wildman–Crippen LogP) is 1.67. The monoisotopic (exact) mass is 196 g/mol. The molecule has 1 saturated heterocycles. The van der Waals surface area contributed by atoms with Gasteiger partial charge in [-0.15, -0.1) is 11.3 Å². The molecule has 1 aliphatic heterocycles. The van der Waals surface area contributed by atoms with E-state index in [4.69, 9.17) is 5.73 Å². The number of nitrogens with zero attached hydrogens (tertiary/aromatic N) is 1. The van der Waals surface area contributed by atoms with E-state index in [-0.39, 0.29) is 0 Å². The van der Waals surface area contributed by atoms with Crippen LogP contribution in [0, 0.1) is 0 Å².